The first-order valence-corrected chi connectivity index (χ1v) is 6.29. The molecular weight excluding hydrogens is 230 g/mol. The third kappa shape index (κ3) is 3.50. The van der Waals surface area contributed by atoms with Gasteiger partial charge in [0.25, 0.3) is 0 Å². The van der Waals surface area contributed by atoms with Crippen LogP contribution in [0.5, 0.6) is 0 Å². The van der Waals surface area contributed by atoms with Gasteiger partial charge in [0.1, 0.15) is 0 Å². The van der Waals surface area contributed by atoms with Crippen molar-refractivity contribution in [3.8, 4) is 0 Å². The van der Waals surface area contributed by atoms with Crippen molar-refractivity contribution < 1.29 is 4.79 Å². The Balaban J connectivity index is 2.47. The molecule has 0 aromatic carbocycles. The summed E-state index contributed by atoms with van der Waals surface area (Å²) in [7, 11) is 0. The standard InChI is InChI=1S/C11H16ClNOS/c1-7-4-10(15-9(7)3)6-13-11(14)8(2)5-12/h4,8H,5-6H2,1-3H3,(H,13,14). The molecule has 0 aliphatic rings. The smallest absolute Gasteiger partial charge is 0.224 e. The molecule has 1 heterocycles. The van der Waals surface area contributed by atoms with Crippen LogP contribution in [0.15, 0.2) is 6.07 Å². The highest BCUT2D eigenvalue weighted by Gasteiger charge is 2.11. The number of rotatable bonds is 4. The molecule has 2 nitrogen and oxygen atoms in total. The molecule has 0 bridgehead atoms. The summed E-state index contributed by atoms with van der Waals surface area (Å²) in [4.78, 5) is 14.0. The van der Waals surface area contributed by atoms with Gasteiger partial charge in [-0.05, 0) is 25.5 Å². The zero-order valence-electron chi connectivity index (χ0n) is 9.26. The Labute approximate surface area is 99.6 Å². The number of carbonyl (C=O) groups is 1. The molecule has 0 aliphatic heterocycles. The molecule has 1 N–H and O–H groups in total. The Kier molecular flexibility index (Phi) is 4.61. The van der Waals surface area contributed by atoms with Crippen LogP contribution in [0, 0.1) is 19.8 Å². The van der Waals surface area contributed by atoms with Crippen molar-refractivity contribution in [3.63, 3.8) is 0 Å². The van der Waals surface area contributed by atoms with Gasteiger partial charge in [-0.1, -0.05) is 6.92 Å². The van der Waals surface area contributed by atoms with Gasteiger partial charge in [0.15, 0.2) is 0 Å². The third-order valence-corrected chi connectivity index (χ3v) is 3.95. The number of hydrogen-bond acceptors (Lipinski definition) is 2. The summed E-state index contributed by atoms with van der Waals surface area (Å²) in [6.45, 7) is 6.61. The number of nitrogens with one attached hydrogen (secondary N) is 1. The van der Waals surface area contributed by atoms with Crippen LogP contribution in [-0.4, -0.2) is 11.8 Å². The molecule has 15 heavy (non-hydrogen) atoms. The maximum Gasteiger partial charge on any atom is 0.224 e. The van der Waals surface area contributed by atoms with Crippen LogP contribution in [0.3, 0.4) is 0 Å². The molecule has 1 rings (SSSR count). The minimum Gasteiger partial charge on any atom is -0.351 e. The summed E-state index contributed by atoms with van der Waals surface area (Å²) in [5.74, 6) is 0.274. The van der Waals surface area contributed by atoms with Crippen molar-refractivity contribution in [2.75, 3.05) is 5.88 Å². The Morgan fingerprint density at radius 3 is 2.73 bits per heavy atom. The van der Waals surface area contributed by atoms with E-state index in [9.17, 15) is 4.79 Å². The lowest BCUT2D eigenvalue weighted by atomic mass is 10.2. The van der Waals surface area contributed by atoms with Gasteiger partial charge in [-0.2, -0.15) is 0 Å². The van der Waals surface area contributed by atoms with Gasteiger partial charge in [0, 0.05) is 21.6 Å². The molecule has 1 atom stereocenters. The molecule has 0 saturated carbocycles. The van der Waals surface area contributed by atoms with Gasteiger partial charge in [0.05, 0.1) is 6.54 Å². The average Bonchev–Trinajstić information content (AvgIpc) is 2.54. The molecule has 0 aliphatic carbocycles. The van der Waals surface area contributed by atoms with E-state index >= 15 is 0 Å². The predicted molar refractivity (Wildman–Crippen MR) is 65.5 cm³/mol. The van der Waals surface area contributed by atoms with Crippen LogP contribution in [0.4, 0.5) is 0 Å². The van der Waals surface area contributed by atoms with Crippen LogP contribution >= 0.6 is 22.9 Å². The highest BCUT2D eigenvalue weighted by atomic mass is 35.5. The largest absolute Gasteiger partial charge is 0.351 e. The fourth-order valence-corrected chi connectivity index (χ4v) is 2.29. The Morgan fingerprint density at radius 1 is 1.60 bits per heavy atom. The Hall–Kier alpha value is -0.540. The Morgan fingerprint density at radius 2 is 2.27 bits per heavy atom. The van der Waals surface area contributed by atoms with E-state index in [1.165, 1.54) is 15.3 Å². The summed E-state index contributed by atoms with van der Waals surface area (Å²) in [6, 6.07) is 2.12. The predicted octanol–water partition coefficient (Wildman–Crippen LogP) is 2.86. The number of aryl methyl sites for hydroxylation is 2. The second-order valence-corrected chi connectivity index (χ2v) is 5.37. The number of carbonyl (C=O) groups excluding carboxylic acids is 1. The number of hydrogen-bond donors (Lipinski definition) is 1. The van der Waals surface area contributed by atoms with Crippen LogP contribution in [-0.2, 0) is 11.3 Å². The fraction of sp³-hybridized carbons (Fsp3) is 0.545. The Bertz CT molecular complexity index is 329. The summed E-state index contributed by atoms with van der Waals surface area (Å²) in [5, 5.41) is 2.88. The second-order valence-electron chi connectivity index (χ2n) is 3.73. The maximum atomic E-state index is 11.4. The van der Waals surface area contributed by atoms with E-state index < -0.39 is 0 Å². The van der Waals surface area contributed by atoms with Gasteiger partial charge in [-0.25, -0.2) is 0 Å². The van der Waals surface area contributed by atoms with E-state index in [-0.39, 0.29) is 11.8 Å². The lowest BCUT2D eigenvalue weighted by molar-refractivity contribution is -0.124. The average molecular weight is 246 g/mol. The summed E-state index contributed by atoms with van der Waals surface area (Å²) >= 11 is 7.33. The van der Waals surface area contributed by atoms with Gasteiger partial charge in [-0.15, -0.1) is 22.9 Å². The van der Waals surface area contributed by atoms with Crippen molar-refractivity contribution in [2.24, 2.45) is 5.92 Å². The third-order valence-electron chi connectivity index (χ3n) is 2.33. The normalized spacial score (nSPS) is 12.5. The highest BCUT2D eigenvalue weighted by molar-refractivity contribution is 7.12. The van der Waals surface area contributed by atoms with Gasteiger partial charge in [0.2, 0.25) is 5.91 Å². The quantitative estimate of drug-likeness (QED) is 0.812. The van der Waals surface area contributed by atoms with E-state index in [0.29, 0.717) is 12.4 Å². The molecule has 0 radical (unpaired) electrons. The molecule has 0 saturated heterocycles. The molecule has 1 unspecified atom stereocenters. The van der Waals surface area contributed by atoms with E-state index in [1.54, 1.807) is 11.3 Å². The van der Waals surface area contributed by atoms with Gasteiger partial charge in [-0.3, -0.25) is 4.79 Å². The van der Waals surface area contributed by atoms with Gasteiger partial charge >= 0.3 is 0 Å². The van der Waals surface area contributed by atoms with E-state index in [1.807, 2.05) is 6.92 Å². The van der Waals surface area contributed by atoms with Crippen molar-refractivity contribution in [1.82, 2.24) is 5.32 Å². The second kappa shape index (κ2) is 5.52. The number of amides is 1. The van der Waals surface area contributed by atoms with Crippen molar-refractivity contribution in [1.29, 1.82) is 0 Å². The lowest BCUT2D eigenvalue weighted by Crippen LogP contribution is -2.29. The van der Waals surface area contributed by atoms with Crippen molar-refractivity contribution in [2.45, 2.75) is 27.3 Å². The molecule has 1 amide bonds. The molecule has 84 valence electrons. The van der Waals surface area contributed by atoms with Gasteiger partial charge < -0.3 is 5.32 Å². The molecule has 4 heteroatoms. The van der Waals surface area contributed by atoms with Crippen LogP contribution in [0.25, 0.3) is 0 Å². The van der Waals surface area contributed by atoms with E-state index in [0.717, 1.165) is 0 Å². The molecule has 0 spiro atoms. The summed E-state index contributed by atoms with van der Waals surface area (Å²) < 4.78 is 0. The van der Waals surface area contributed by atoms with Crippen molar-refractivity contribution in [3.05, 3.63) is 21.4 Å². The SMILES string of the molecule is Cc1cc(CNC(=O)C(C)CCl)sc1C. The van der Waals surface area contributed by atoms with Crippen molar-refractivity contribution >= 4 is 28.8 Å². The summed E-state index contributed by atoms with van der Waals surface area (Å²) in [6.07, 6.45) is 0. The van der Waals surface area contributed by atoms with Crippen LogP contribution < -0.4 is 5.32 Å². The first-order valence-electron chi connectivity index (χ1n) is 4.94. The summed E-state index contributed by atoms with van der Waals surface area (Å²) in [5.41, 5.74) is 1.29. The highest BCUT2D eigenvalue weighted by Crippen LogP contribution is 2.20. The molecule has 1 aromatic rings. The maximum absolute atomic E-state index is 11.4. The minimum absolute atomic E-state index is 0.0220. The van der Waals surface area contributed by atoms with Crippen LogP contribution in [0.2, 0.25) is 0 Å². The number of halogens is 1. The molecule has 0 fully saturated rings. The minimum atomic E-state index is -0.117. The van der Waals surface area contributed by atoms with Crippen LogP contribution in [0.1, 0.15) is 22.2 Å². The molecular formula is C11H16ClNOS. The monoisotopic (exact) mass is 245 g/mol. The fourth-order valence-electron chi connectivity index (χ4n) is 1.16. The number of alkyl halides is 1. The zero-order chi connectivity index (χ0) is 11.4. The van der Waals surface area contributed by atoms with E-state index in [2.05, 4.69) is 25.2 Å². The molecule has 1 aromatic heterocycles. The zero-order valence-corrected chi connectivity index (χ0v) is 10.8. The lowest BCUT2D eigenvalue weighted by Gasteiger charge is -2.07. The first kappa shape index (κ1) is 12.5. The first-order chi connectivity index (χ1) is 7.04. The topological polar surface area (TPSA) is 29.1 Å². The number of thiophene rings is 1. The van der Waals surface area contributed by atoms with E-state index in [4.69, 9.17) is 11.6 Å².